The van der Waals surface area contributed by atoms with E-state index in [-0.39, 0.29) is 18.5 Å². The van der Waals surface area contributed by atoms with E-state index in [4.69, 9.17) is 18.5 Å². The summed E-state index contributed by atoms with van der Waals surface area (Å²) in [6, 6.07) is 18.8. The molecule has 0 saturated carbocycles. The molecule has 4 rings (SSSR count). The van der Waals surface area contributed by atoms with Crippen LogP contribution in [-0.4, -0.2) is 69.5 Å². The van der Waals surface area contributed by atoms with Gasteiger partial charge >= 0.3 is 0 Å². The standard InChI is InChI=1S/C29H31FN2O8S/c1-37-19-39-32-28(33)25(17-20-7-5-4-6-8-20)31(18-21-9-15-24(38-2)16-10-21)26(29(32)34)27(40-41(3,35)36)22-11-13-23(30)14-12-22/h4-16,25-27H,17-19H2,1-3H3. The number of benzene rings is 3. The maximum Gasteiger partial charge on any atom is 0.274 e. The summed E-state index contributed by atoms with van der Waals surface area (Å²) in [6.07, 6.45) is -0.422. The van der Waals surface area contributed by atoms with Crippen LogP contribution in [-0.2, 0) is 46.4 Å². The van der Waals surface area contributed by atoms with E-state index in [2.05, 4.69) is 0 Å². The van der Waals surface area contributed by atoms with Crippen LogP contribution < -0.4 is 4.74 Å². The van der Waals surface area contributed by atoms with Crippen LogP contribution in [0.25, 0.3) is 0 Å². The highest BCUT2D eigenvalue weighted by Crippen LogP contribution is 2.35. The lowest BCUT2D eigenvalue weighted by Crippen LogP contribution is -2.66. The molecule has 0 radical (unpaired) electrons. The molecule has 0 bridgehead atoms. The fourth-order valence-corrected chi connectivity index (χ4v) is 5.29. The molecule has 1 saturated heterocycles. The monoisotopic (exact) mass is 586 g/mol. The molecule has 10 nitrogen and oxygen atoms in total. The quantitative estimate of drug-likeness (QED) is 0.179. The zero-order valence-electron chi connectivity index (χ0n) is 22.8. The third-order valence-corrected chi connectivity index (χ3v) is 7.11. The molecule has 2 amide bonds. The Bertz CT molecular complexity index is 1440. The Morgan fingerprint density at radius 2 is 1.54 bits per heavy atom. The number of methoxy groups -OCH3 is 2. The molecule has 0 N–H and O–H groups in total. The molecule has 41 heavy (non-hydrogen) atoms. The first-order valence-electron chi connectivity index (χ1n) is 12.7. The maximum absolute atomic E-state index is 14.0. The Hall–Kier alpha value is -3.68. The Labute approximate surface area is 238 Å². The van der Waals surface area contributed by atoms with Crippen molar-refractivity contribution in [1.82, 2.24) is 9.96 Å². The van der Waals surface area contributed by atoms with Gasteiger partial charge in [0, 0.05) is 13.7 Å². The first kappa shape index (κ1) is 30.3. The topological polar surface area (TPSA) is 112 Å². The molecule has 1 fully saturated rings. The molecule has 3 atom stereocenters. The van der Waals surface area contributed by atoms with Crippen LogP contribution in [0.3, 0.4) is 0 Å². The summed E-state index contributed by atoms with van der Waals surface area (Å²) in [5, 5.41) is 0.606. The number of nitrogens with zero attached hydrogens (tertiary/aromatic N) is 2. The van der Waals surface area contributed by atoms with Crippen molar-refractivity contribution in [2.24, 2.45) is 0 Å². The molecular weight excluding hydrogens is 555 g/mol. The van der Waals surface area contributed by atoms with Gasteiger partial charge in [0.15, 0.2) is 6.79 Å². The first-order chi connectivity index (χ1) is 19.6. The summed E-state index contributed by atoms with van der Waals surface area (Å²) in [5.74, 6) is -1.46. The van der Waals surface area contributed by atoms with E-state index in [1.54, 1.807) is 29.2 Å². The largest absolute Gasteiger partial charge is 0.497 e. The van der Waals surface area contributed by atoms with Crippen molar-refractivity contribution < 1.29 is 40.9 Å². The number of imide groups is 1. The number of hydrogen-bond acceptors (Lipinski definition) is 9. The Morgan fingerprint density at radius 3 is 2.12 bits per heavy atom. The Balaban J connectivity index is 1.88. The second-order valence-corrected chi connectivity index (χ2v) is 11.1. The van der Waals surface area contributed by atoms with Gasteiger partial charge in [0.2, 0.25) is 0 Å². The highest BCUT2D eigenvalue weighted by molar-refractivity contribution is 7.86. The van der Waals surface area contributed by atoms with Gasteiger partial charge in [-0.05, 0) is 47.4 Å². The predicted octanol–water partition coefficient (Wildman–Crippen LogP) is 3.24. The van der Waals surface area contributed by atoms with Gasteiger partial charge in [-0.1, -0.05) is 54.6 Å². The number of carbonyl (C=O) groups is 2. The van der Waals surface area contributed by atoms with E-state index in [0.29, 0.717) is 10.8 Å². The summed E-state index contributed by atoms with van der Waals surface area (Å²) >= 11 is 0. The summed E-state index contributed by atoms with van der Waals surface area (Å²) in [6.45, 7) is -0.346. The molecule has 0 aromatic heterocycles. The lowest BCUT2D eigenvalue weighted by Gasteiger charge is -2.46. The van der Waals surface area contributed by atoms with Crippen LogP contribution in [0.5, 0.6) is 5.75 Å². The molecule has 1 aliphatic heterocycles. The molecule has 0 spiro atoms. The number of hydrogen-bond donors (Lipinski definition) is 0. The number of ether oxygens (including phenoxy) is 2. The molecule has 3 aromatic carbocycles. The fourth-order valence-electron chi connectivity index (χ4n) is 4.70. The van der Waals surface area contributed by atoms with Gasteiger partial charge in [0.1, 0.15) is 23.7 Å². The number of carbonyl (C=O) groups excluding carboxylic acids is 2. The van der Waals surface area contributed by atoms with Crippen molar-refractivity contribution in [3.8, 4) is 5.75 Å². The molecule has 12 heteroatoms. The van der Waals surface area contributed by atoms with Crippen molar-refractivity contribution in [1.29, 1.82) is 0 Å². The number of hydroxylamine groups is 2. The summed E-state index contributed by atoms with van der Waals surface area (Å²) < 4.78 is 54.5. The van der Waals surface area contributed by atoms with Gasteiger partial charge in [-0.15, -0.1) is 5.06 Å². The zero-order chi connectivity index (χ0) is 29.6. The Kier molecular flexibility index (Phi) is 9.84. The van der Waals surface area contributed by atoms with Crippen molar-refractivity contribution in [2.45, 2.75) is 31.2 Å². The van der Waals surface area contributed by atoms with Crippen LogP contribution in [0.4, 0.5) is 4.39 Å². The summed E-state index contributed by atoms with van der Waals surface area (Å²) in [7, 11) is -1.27. The minimum Gasteiger partial charge on any atom is -0.497 e. The lowest BCUT2D eigenvalue weighted by molar-refractivity contribution is -0.237. The average Bonchev–Trinajstić information content (AvgIpc) is 2.95. The summed E-state index contributed by atoms with van der Waals surface area (Å²) in [4.78, 5) is 34.9. The van der Waals surface area contributed by atoms with Crippen LogP contribution in [0.15, 0.2) is 78.9 Å². The third-order valence-electron chi connectivity index (χ3n) is 6.56. The number of piperazine rings is 1. The molecular formula is C29H31FN2O8S. The second kappa shape index (κ2) is 13.3. The van der Waals surface area contributed by atoms with Gasteiger partial charge in [0.05, 0.1) is 19.4 Å². The number of amides is 2. The van der Waals surface area contributed by atoms with Crippen LogP contribution >= 0.6 is 0 Å². The number of rotatable bonds is 12. The van der Waals surface area contributed by atoms with Gasteiger partial charge in [-0.25, -0.2) is 9.23 Å². The predicted molar refractivity (Wildman–Crippen MR) is 146 cm³/mol. The van der Waals surface area contributed by atoms with E-state index in [1.807, 2.05) is 30.3 Å². The van der Waals surface area contributed by atoms with Crippen molar-refractivity contribution in [3.63, 3.8) is 0 Å². The molecule has 3 aromatic rings. The normalized spacial score (nSPS) is 18.9. The zero-order valence-corrected chi connectivity index (χ0v) is 23.6. The molecule has 0 aliphatic carbocycles. The van der Waals surface area contributed by atoms with Crippen molar-refractivity contribution >= 4 is 21.9 Å². The van der Waals surface area contributed by atoms with Gasteiger partial charge in [0.25, 0.3) is 21.9 Å². The molecule has 3 unspecified atom stereocenters. The SMILES string of the molecule is COCON1C(=O)C(Cc2ccccc2)N(Cc2ccc(OC)cc2)C(C(OS(C)(=O)=O)c2ccc(F)cc2)C1=O. The fraction of sp³-hybridized carbons (Fsp3) is 0.310. The van der Waals surface area contributed by atoms with Gasteiger partial charge < -0.3 is 9.47 Å². The average molecular weight is 587 g/mol. The maximum atomic E-state index is 14.0. The van der Waals surface area contributed by atoms with Gasteiger partial charge in [-0.2, -0.15) is 8.42 Å². The van der Waals surface area contributed by atoms with Gasteiger partial charge in [-0.3, -0.25) is 18.7 Å². The smallest absolute Gasteiger partial charge is 0.274 e. The minimum atomic E-state index is -4.14. The van der Waals surface area contributed by atoms with Crippen LogP contribution in [0.2, 0.25) is 0 Å². The van der Waals surface area contributed by atoms with E-state index in [0.717, 1.165) is 29.5 Å². The molecule has 1 aliphatic rings. The van der Waals surface area contributed by atoms with Crippen LogP contribution in [0, 0.1) is 5.82 Å². The molecule has 218 valence electrons. The summed E-state index contributed by atoms with van der Waals surface area (Å²) in [5.41, 5.74) is 1.74. The Morgan fingerprint density at radius 1 is 0.878 bits per heavy atom. The van der Waals surface area contributed by atoms with E-state index < -0.39 is 52.7 Å². The second-order valence-electron chi connectivity index (χ2n) is 9.45. The first-order valence-corrected chi connectivity index (χ1v) is 14.5. The highest BCUT2D eigenvalue weighted by Gasteiger charge is 2.52. The van der Waals surface area contributed by atoms with E-state index in [9.17, 15) is 22.4 Å². The molecule has 1 heterocycles. The third kappa shape index (κ3) is 7.54. The van der Waals surface area contributed by atoms with E-state index >= 15 is 0 Å². The van der Waals surface area contributed by atoms with Crippen LogP contribution in [0.1, 0.15) is 22.8 Å². The van der Waals surface area contributed by atoms with Crippen molar-refractivity contribution in [3.05, 3.63) is 101 Å². The highest BCUT2D eigenvalue weighted by atomic mass is 32.2. The number of halogens is 1. The van der Waals surface area contributed by atoms with E-state index in [1.165, 1.54) is 26.4 Å². The lowest BCUT2D eigenvalue weighted by atomic mass is 9.92. The van der Waals surface area contributed by atoms with Crippen molar-refractivity contribution in [2.75, 3.05) is 27.3 Å². The minimum absolute atomic E-state index is 0.0621.